The van der Waals surface area contributed by atoms with E-state index in [4.69, 9.17) is 11.6 Å². The van der Waals surface area contributed by atoms with E-state index in [0.717, 1.165) is 0 Å². The molecule has 0 saturated carbocycles. The third-order valence-corrected chi connectivity index (χ3v) is 6.34. The Balaban J connectivity index is 1.80. The molecule has 0 aliphatic rings. The number of sulfonamides is 1. The van der Waals surface area contributed by atoms with Gasteiger partial charge < -0.3 is 5.32 Å². The Morgan fingerprint density at radius 3 is 2.17 bits per heavy atom. The molecule has 0 radical (unpaired) electrons. The molecule has 0 saturated heterocycles. The summed E-state index contributed by atoms with van der Waals surface area (Å²) in [5, 5.41) is 3.29. The van der Waals surface area contributed by atoms with Crippen LogP contribution in [0.15, 0.2) is 71.6 Å². The van der Waals surface area contributed by atoms with Gasteiger partial charge in [-0.2, -0.15) is 0 Å². The van der Waals surface area contributed by atoms with Crippen LogP contribution in [0, 0.1) is 6.92 Å². The Morgan fingerprint density at radius 2 is 1.57 bits per heavy atom. The zero-order valence-electron chi connectivity index (χ0n) is 16.9. The van der Waals surface area contributed by atoms with Crippen molar-refractivity contribution in [3.8, 4) is 0 Å². The predicted molar refractivity (Wildman–Crippen MR) is 122 cm³/mol. The summed E-state index contributed by atoms with van der Waals surface area (Å²) in [4.78, 5) is 12.8. The first-order valence-electron chi connectivity index (χ1n) is 9.46. The van der Waals surface area contributed by atoms with Gasteiger partial charge in [0.2, 0.25) is 0 Å². The van der Waals surface area contributed by atoms with E-state index in [9.17, 15) is 13.2 Å². The summed E-state index contributed by atoms with van der Waals surface area (Å²) in [6.45, 7) is 5.98. The Kier molecular flexibility index (Phi) is 6.48. The maximum atomic E-state index is 12.7. The highest BCUT2D eigenvalue weighted by Gasteiger charge is 2.17. The first-order valence-corrected chi connectivity index (χ1v) is 11.3. The van der Waals surface area contributed by atoms with Gasteiger partial charge in [-0.1, -0.05) is 43.6 Å². The van der Waals surface area contributed by atoms with Crippen LogP contribution in [-0.2, 0) is 10.0 Å². The lowest BCUT2D eigenvalue weighted by Gasteiger charge is -2.13. The van der Waals surface area contributed by atoms with Gasteiger partial charge in [0, 0.05) is 16.3 Å². The zero-order valence-corrected chi connectivity index (χ0v) is 18.5. The predicted octanol–water partition coefficient (Wildman–Crippen LogP) is 5.82. The quantitative estimate of drug-likeness (QED) is 0.504. The molecule has 5 nitrogen and oxygen atoms in total. The molecule has 0 spiro atoms. The van der Waals surface area contributed by atoms with Crippen molar-refractivity contribution in [3.05, 3.63) is 88.4 Å². The summed E-state index contributed by atoms with van der Waals surface area (Å²) in [5.74, 6) is 0.0855. The first-order chi connectivity index (χ1) is 14.2. The first kappa shape index (κ1) is 21.9. The fraction of sp³-hybridized carbons (Fsp3) is 0.174. The molecule has 0 aromatic heterocycles. The van der Waals surface area contributed by atoms with Crippen molar-refractivity contribution in [2.75, 3.05) is 10.0 Å². The molecule has 3 rings (SSSR count). The van der Waals surface area contributed by atoms with Gasteiger partial charge in [0.15, 0.2) is 0 Å². The molecular weight excluding hydrogens is 420 g/mol. The van der Waals surface area contributed by atoms with Crippen molar-refractivity contribution in [1.29, 1.82) is 0 Å². The second kappa shape index (κ2) is 8.90. The summed E-state index contributed by atoms with van der Waals surface area (Å²) in [6, 6.07) is 18.4. The van der Waals surface area contributed by atoms with Gasteiger partial charge in [-0.05, 0) is 72.5 Å². The van der Waals surface area contributed by atoms with Crippen LogP contribution in [-0.4, -0.2) is 14.3 Å². The fourth-order valence-electron chi connectivity index (χ4n) is 2.85. The minimum absolute atomic E-state index is 0.0893. The van der Waals surface area contributed by atoms with Crippen LogP contribution in [0.5, 0.6) is 0 Å². The van der Waals surface area contributed by atoms with Gasteiger partial charge >= 0.3 is 0 Å². The second-order valence-electron chi connectivity index (χ2n) is 7.32. The number of nitrogens with one attached hydrogen (secondary N) is 2. The minimum atomic E-state index is -3.81. The van der Waals surface area contributed by atoms with Crippen LogP contribution >= 0.6 is 11.6 Å². The van der Waals surface area contributed by atoms with E-state index in [1.165, 1.54) is 35.9 Å². The average molecular weight is 443 g/mol. The molecule has 0 heterocycles. The number of benzene rings is 3. The Bertz CT molecular complexity index is 1160. The van der Waals surface area contributed by atoms with Gasteiger partial charge in [-0.15, -0.1) is 0 Å². The highest BCUT2D eigenvalue weighted by atomic mass is 35.5. The van der Waals surface area contributed by atoms with E-state index < -0.39 is 10.0 Å². The van der Waals surface area contributed by atoms with E-state index in [1.54, 1.807) is 19.1 Å². The number of anilines is 2. The monoisotopic (exact) mass is 442 g/mol. The molecule has 30 heavy (non-hydrogen) atoms. The third-order valence-electron chi connectivity index (χ3n) is 4.70. The number of aryl methyl sites for hydroxylation is 1. The van der Waals surface area contributed by atoms with Crippen molar-refractivity contribution >= 4 is 38.9 Å². The topological polar surface area (TPSA) is 75.3 Å². The summed E-state index contributed by atoms with van der Waals surface area (Å²) in [7, 11) is -3.81. The molecule has 156 valence electrons. The Labute approximate surface area is 182 Å². The van der Waals surface area contributed by atoms with Crippen LogP contribution < -0.4 is 10.0 Å². The number of amides is 1. The summed E-state index contributed by atoms with van der Waals surface area (Å²) >= 11 is 5.83. The molecule has 3 aromatic rings. The van der Waals surface area contributed by atoms with Crippen molar-refractivity contribution in [2.24, 2.45) is 0 Å². The van der Waals surface area contributed by atoms with E-state index in [1.807, 2.05) is 24.3 Å². The van der Waals surface area contributed by atoms with E-state index >= 15 is 0 Å². The van der Waals surface area contributed by atoms with Crippen LogP contribution in [0.3, 0.4) is 0 Å². The van der Waals surface area contributed by atoms with Gasteiger partial charge in [0.25, 0.3) is 15.9 Å². The molecule has 0 fully saturated rings. The molecule has 3 aromatic carbocycles. The smallest absolute Gasteiger partial charge is 0.261 e. The normalized spacial score (nSPS) is 11.4. The van der Waals surface area contributed by atoms with Crippen molar-refractivity contribution in [2.45, 2.75) is 31.6 Å². The minimum Gasteiger partial charge on any atom is -0.322 e. The fourth-order valence-corrected chi connectivity index (χ4v) is 4.09. The highest BCUT2D eigenvalue weighted by molar-refractivity contribution is 7.92. The van der Waals surface area contributed by atoms with E-state index in [-0.39, 0.29) is 10.8 Å². The van der Waals surface area contributed by atoms with Gasteiger partial charge in [0.1, 0.15) is 0 Å². The molecule has 0 aliphatic heterocycles. The highest BCUT2D eigenvalue weighted by Crippen LogP contribution is 2.23. The molecule has 0 unspecified atom stereocenters. The largest absolute Gasteiger partial charge is 0.322 e. The zero-order chi connectivity index (χ0) is 21.9. The molecule has 7 heteroatoms. The van der Waals surface area contributed by atoms with E-state index in [0.29, 0.717) is 33.4 Å². The molecule has 1 amide bonds. The van der Waals surface area contributed by atoms with Crippen LogP contribution in [0.1, 0.15) is 41.3 Å². The molecular formula is C23H23ClN2O3S. The number of halogens is 1. The number of carbonyl (C=O) groups is 1. The third kappa shape index (κ3) is 5.20. The maximum Gasteiger partial charge on any atom is 0.261 e. The van der Waals surface area contributed by atoms with Crippen molar-refractivity contribution < 1.29 is 13.2 Å². The standard InChI is InChI=1S/C23H23ClN2O3S/c1-15(2)17-6-10-20(11-7-17)25-23(27)18-5-4-16(3)22(14-18)26-30(28,29)21-12-8-19(24)9-13-21/h4-15,26H,1-3H3,(H,25,27). The lowest BCUT2D eigenvalue weighted by atomic mass is 10.0. The van der Waals surface area contributed by atoms with E-state index in [2.05, 4.69) is 23.9 Å². The molecule has 2 N–H and O–H groups in total. The van der Waals surface area contributed by atoms with Crippen LogP contribution in [0.25, 0.3) is 0 Å². The Hall–Kier alpha value is -2.83. The number of hydrogen-bond donors (Lipinski definition) is 2. The van der Waals surface area contributed by atoms with Gasteiger partial charge in [0.05, 0.1) is 10.6 Å². The lowest BCUT2D eigenvalue weighted by Crippen LogP contribution is -2.16. The van der Waals surface area contributed by atoms with Crippen LogP contribution in [0.2, 0.25) is 5.02 Å². The molecule has 0 bridgehead atoms. The summed E-state index contributed by atoms with van der Waals surface area (Å²) in [5.41, 5.74) is 3.25. The second-order valence-corrected chi connectivity index (χ2v) is 9.44. The molecule has 0 atom stereocenters. The van der Waals surface area contributed by atoms with Gasteiger partial charge in [-0.3, -0.25) is 9.52 Å². The number of rotatable bonds is 6. The van der Waals surface area contributed by atoms with Crippen molar-refractivity contribution in [3.63, 3.8) is 0 Å². The number of carbonyl (C=O) groups excluding carboxylic acids is 1. The summed E-state index contributed by atoms with van der Waals surface area (Å²) in [6.07, 6.45) is 0. The summed E-state index contributed by atoms with van der Waals surface area (Å²) < 4.78 is 27.9. The maximum absolute atomic E-state index is 12.7. The lowest BCUT2D eigenvalue weighted by molar-refractivity contribution is 0.102. The van der Waals surface area contributed by atoms with Crippen LogP contribution in [0.4, 0.5) is 11.4 Å². The molecule has 0 aliphatic carbocycles. The van der Waals surface area contributed by atoms with Gasteiger partial charge in [-0.25, -0.2) is 8.42 Å². The Morgan fingerprint density at radius 1 is 0.933 bits per heavy atom. The average Bonchev–Trinajstić information content (AvgIpc) is 2.70. The van der Waals surface area contributed by atoms with Crippen molar-refractivity contribution in [1.82, 2.24) is 0 Å². The SMILES string of the molecule is Cc1ccc(C(=O)Nc2ccc(C(C)C)cc2)cc1NS(=O)(=O)c1ccc(Cl)cc1. The number of hydrogen-bond acceptors (Lipinski definition) is 3.